The summed E-state index contributed by atoms with van der Waals surface area (Å²) < 4.78 is 7.30. The van der Waals surface area contributed by atoms with Gasteiger partial charge in [0.2, 0.25) is 0 Å². The van der Waals surface area contributed by atoms with Crippen LogP contribution in [-0.4, -0.2) is 25.6 Å². The first-order chi connectivity index (χ1) is 16.0. The summed E-state index contributed by atoms with van der Waals surface area (Å²) in [6, 6.07) is 18.3. The van der Waals surface area contributed by atoms with Crippen LogP contribution in [0.4, 0.5) is 0 Å². The third-order valence-electron chi connectivity index (χ3n) is 5.53. The summed E-state index contributed by atoms with van der Waals surface area (Å²) in [5, 5.41) is 8.38. The molecule has 0 aliphatic heterocycles. The third-order valence-corrected chi connectivity index (χ3v) is 5.78. The summed E-state index contributed by atoms with van der Waals surface area (Å²) >= 11 is 6.09. The van der Waals surface area contributed by atoms with Gasteiger partial charge in [-0.3, -0.25) is 4.79 Å². The summed E-state index contributed by atoms with van der Waals surface area (Å²) in [5.74, 6) is 0.412. The first-order valence-electron chi connectivity index (χ1n) is 10.4. The Morgan fingerprint density at radius 3 is 2.58 bits per heavy atom. The van der Waals surface area contributed by atoms with Crippen LogP contribution in [-0.2, 0) is 7.05 Å². The lowest BCUT2D eigenvalue weighted by Gasteiger charge is -2.20. The molecule has 0 aliphatic carbocycles. The standard InChI is InChI=1S/C25H20ClN5O2/c1-15-21-19(14-20(28-25(21)33-30-15)16-6-4-3-5-7-16)24(32)29-22(23-27-12-13-31(23)2)17-8-10-18(26)11-9-17/h3-14,22H,1-2H3,(H,29,32)/t22-/m1/s1. The van der Waals surface area contributed by atoms with Crippen molar-refractivity contribution in [3.05, 3.63) is 101 Å². The van der Waals surface area contributed by atoms with Crippen LogP contribution in [0.25, 0.3) is 22.4 Å². The van der Waals surface area contributed by atoms with E-state index in [0.29, 0.717) is 38.9 Å². The van der Waals surface area contributed by atoms with Crippen molar-refractivity contribution in [2.24, 2.45) is 7.05 Å². The minimum atomic E-state index is -0.488. The minimum absolute atomic E-state index is 0.283. The number of nitrogens with zero attached hydrogens (tertiary/aromatic N) is 4. The average Bonchev–Trinajstić information content (AvgIpc) is 3.43. The Kier molecular flexibility index (Phi) is 5.40. The normalized spacial score (nSPS) is 12.1. The highest BCUT2D eigenvalue weighted by Gasteiger charge is 2.25. The minimum Gasteiger partial charge on any atom is -0.338 e. The monoisotopic (exact) mass is 457 g/mol. The van der Waals surface area contributed by atoms with Crippen LogP contribution in [0.2, 0.25) is 5.02 Å². The van der Waals surface area contributed by atoms with Gasteiger partial charge in [0.15, 0.2) is 0 Å². The number of hydrogen-bond donors (Lipinski definition) is 1. The molecule has 5 aromatic rings. The van der Waals surface area contributed by atoms with Crippen LogP contribution in [0.1, 0.15) is 33.5 Å². The molecule has 1 amide bonds. The molecule has 0 spiro atoms. The van der Waals surface area contributed by atoms with Gasteiger partial charge >= 0.3 is 0 Å². The van der Waals surface area contributed by atoms with Crippen LogP contribution >= 0.6 is 11.6 Å². The highest BCUT2D eigenvalue weighted by Crippen LogP contribution is 2.29. The SMILES string of the molecule is Cc1noc2nc(-c3ccccc3)cc(C(=O)N[C@H](c3ccc(Cl)cc3)c3nccn3C)c12. The van der Waals surface area contributed by atoms with Crippen LogP contribution < -0.4 is 5.32 Å². The number of fused-ring (bicyclic) bond motifs is 1. The average molecular weight is 458 g/mol. The summed E-state index contributed by atoms with van der Waals surface area (Å²) in [4.78, 5) is 22.7. The predicted octanol–water partition coefficient (Wildman–Crippen LogP) is 5.10. The molecular formula is C25H20ClN5O2. The van der Waals surface area contributed by atoms with Gasteiger partial charge in [0.05, 0.1) is 22.3 Å². The second-order valence-electron chi connectivity index (χ2n) is 7.72. The largest absolute Gasteiger partial charge is 0.338 e. The molecular weight excluding hydrogens is 438 g/mol. The van der Waals surface area contributed by atoms with Crippen LogP contribution in [0.5, 0.6) is 0 Å². The van der Waals surface area contributed by atoms with Gasteiger partial charge in [-0.2, -0.15) is 0 Å². The molecule has 164 valence electrons. The smallest absolute Gasteiger partial charge is 0.259 e. The summed E-state index contributed by atoms with van der Waals surface area (Å²) in [5.41, 5.74) is 3.72. The molecule has 3 aromatic heterocycles. The Bertz CT molecular complexity index is 1440. The Morgan fingerprint density at radius 1 is 1.12 bits per heavy atom. The molecule has 2 aromatic carbocycles. The maximum absolute atomic E-state index is 13.7. The molecule has 8 heteroatoms. The van der Waals surface area contributed by atoms with Gasteiger partial charge < -0.3 is 14.4 Å². The van der Waals surface area contributed by atoms with E-state index in [0.717, 1.165) is 11.1 Å². The van der Waals surface area contributed by atoms with E-state index in [9.17, 15) is 4.79 Å². The van der Waals surface area contributed by atoms with Gasteiger partial charge in [-0.25, -0.2) is 9.97 Å². The van der Waals surface area contributed by atoms with Crippen LogP contribution in [0.15, 0.2) is 77.6 Å². The fourth-order valence-electron chi connectivity index (χ4n) is 3.85. The van der Waals surface area contributed by atoms with E-state index < -0.39 is 6.04 Å². The highest BCUT2D eigenvalue weighted by atomic mass is 35.5. The number of aryl methyl sites for hydroxylation is 2. The van der Waals surface area contributed by atoms with E-state index in [1.165, 1.54) is 0 Å². The van der Waals surface area contributed by atoms with Gasteiger partial charge in [0.25, 0.3) is 11.6 Å². The van der Waals surface area contributed by atoms with Crippen molar-refractivity contribution in [2.45, 2.75) is 13.0 Å². The van der Waals surface area contributed by atoms with E-state index >= 15 is 0 Å². The number of imidazole rings is 1. The number of carbonyl (C=O) groups is 1. The lowest BCUT2D eigenvalue weighted by Crippen LogP contribution is -2.31. The van der Waals surface area contributed by atoms with E-state index in [4.69, 9.17) is 16.1 Å². The van der Waals surface area contributed by atoms with Crippen LogP contribution in [0.3, 0.4) is 0 Å². The molecule has 3 heterocycles. The predicted molar refractivity (Wildman–Crippen MR) is 126 cm³/mol. The third kappa shape index (κ3) is 3.99. The highest BCUT2D eigenvalue weighted by molar-refractivity contribution is 6.30. The quantitative estimate of drug-likeness (QED) is 0.396. The molecule has 0 saturated carbocycles. The second kappa shape index (κ2) is 8.52. The first-order valence-corrected chi connectivity index (χ1v) is 10.7. The van der Waals surface area contributed by atoms with Gasteiger partial charge in [0, 0.05) is 30.0 Å². The summed E-state index contributed by atoms with van der Waals surface area (Å²) in [7, 11) is 1.89. The zero-order chi connectivity index (χ0) is 22.9. The number of carbonyl (C=O) groups excluding carboxylic acids is 1. The second-order valence-corrected chi connectivity index (χ2v) is 8.16. The molecule has 33 heavy (non-hydrogen) atoms. The van der Waals surface area contributed by atoms with Crippen molar-refractivity contribution < 1.29 is 9.32 Å². The van der Waals surface area contributed by atoms with Crippen molar-refractivity contribution in [1.29, 1.82) is 0 Å². The van der Waals surface area contributed by atoms with Crippen LogP contribution in [0, 0.1) is 6.92 Å². The number of halogens is 1. The van der Waals surface area contributed by atoms with Crippen molar-refractivity contribution in [1.82, 2.24) is 25.0 Å². The Hall–Kier alpha value is -3.97. The van der Waals surface area contributed by atoms with Crippen molar-refractivity contribution in [2.75, 3.05) is 0 Å². The van der Waals surface area contributed by atoms with Gasteiger partial charge in [0.1, 0.15) is 11.9 Å². The number of aromatic nitrogens is 4. The molecule has 0 aliphatic rings. The van der Waals surface area contributed by atoms with Crippen molar-refractivity contribution in [3.63, 3.8) is 0 Å². The molecule has 1 N–H and O–H groups in total. The maximum Gasteiger partial charge on any atom is 0.259 e. The molecule has 0 unspecified atom stereocenters. The lowest BCUT2D eigenvalue weighted by molar-refractivity contribution is 0.0942. The summed E-state index contributed by atoms with van der Waals surface area (Å²) in [6.07, 6.45) is 3.54. The number of nitrogens with one attached hydrogen (secondary N) is 1. The van der Waals surface area contributed by atoms with Gasteiger partial charge in [-0.1, -0.05) is 59.2 Å². The van der Waals surface area contributed by atoms with Crippen molar-refractivity contribution >= 4 is 28.6 Å². The Labute approximate surface area is 195 Å². The van der Waals surface area contributed by atoms with E-state index in [-0.39, 0.29) is 5.91 Å². The molecule has 5 rings (SSSR count). The fourth-order valence-corrected chi connectivity index (χ4v) is 3.97. The number of benzene rings is 2. The van der Waals surface area contributed by atoms with E-state index in [1.54, 1.807) is 31.3 Å². The first kappa shape index (κ1) is 20.9. The van der Waals surface area contributed by atoms with Gasteiger partial charge in [-0.05, 0) is 30.7 Å². The van der Waals surface area contributed by atoms with Crippen molar-refractivity contribution in [3.8, 4) is 11.3 Å². The fraction of sp³-hybridized carbons (Fsp3) is 0.120. The Morgan fingerprint density at radius 2 is 1.88 bits per heavy atom. The zero-order valence-corrected chi connectivity index (χ0v) is 18.7. The van der Waals surface area contributed by atoms with E-state index in [1.807, 2.05) is 60.3 Å². The Balaban J connectivity index is 1.60. The molecule has 0 fully saturated rings. The molecule has 0 bridgehead atoms. The number of rotatable bonds is 5. The van der Waals surface area contributed by atoms with E-state index in [2.05, 4.69) is 20.4 Å². The zero-order valence-electron chi connectivity index (χ0n) is 18.0. The van der Waals surface area contributed by atoms with Gasteiger partial charge in [-0.15, -0.1) is 0 Å². The topological polar surface area (TPSA) is 85.8 Å². The molecule has 0 radical (unpaired) electrons. The summed E-state index contributed by atoms with van der Waals surface area (Å²) in [6.45, 7) is 1.79. The molecule has 7 nitrogen and oxygen atoms in total. The maximum atomic E-state index is 13.7. The molecule has 1 atom stereocenters. The molecule has 0 saturated heterocycles. The lowest BCUT2D eigenvalue weighted by atomic mass is 10.0. The number of pyridine rings is 1. The number of amides is 1. The number of hydrogen-bond acceptors (Lipinski definition) is 5.